The third-order valence-electron chi connectivity index (χ3n) is 4.44. The quantitative estimate of drug-likeness (QED) is 0.591. The van der Waals surface area contributed by atoms with Crippen molar-refractivity contribution in [2.24, 2.45) is 10.9 Å². The van der Waals surface area contributed by atoms with E-state index in [1.54, 1.807) is 11.3 Å². The van der Waals surface area contributed by atoms with Gasteiger partial charge in [0.2, 0.25) is 0 Å². The molecule has 2 heterocycles. The van der Waals surface area contributed by atoms with Gasteiger partial charge in [0.15, 0.2) is 5.96 Å². The minimum Gasteiger partial charge on any atom is -0.379 e. The number of aromatic nitrogens is 1. The van der Waals surface area contributed by atoms with Gasteiger partial charge in [-0.2, -0.15) is 0 Å². The standard InChI is InChI=1S/C18H33N5OS/c1-14(2)10-17(23-6-8-24-9-7-23)11-20-18(19-4)22(5)12-16-13-25-15(3)21-16/h13-14,17H,6-12H2,1-5H3,(H,19,20). The van der Waals surface area contributed by atoms with Crippen LogP contribution in [0.2, 0.25) is 0 Å². The van der Waals surface area contributed by atoms with E-state index in [0.717, 1.165) is 56.1 Å². The molecule has 1 aliphatic rings. The summed E-state index contributed by atoms with van der Waals surface area (Å²) < 4.78 is 5.51. The highest BCUT2D eigenvalue weighted by molar-refractivity contribution is 7.09. The maximum Gasteiger partial charge on any atom is 0.193 e. The van der Waals surface area contributed by atoms with Gasteiger partial charge in [-0.3, -0.25) is 9.89 Å². The molecule has 0 saturated carbocycles. The zero-order valence-corrected chi connectivity index (χ0v) is 17.1. The zero-order chi connectivity index (χ0) is 18.2. The Morgan fingerprint density at radius 2 is 2.16 bits per heavy atom. The zero-order valence-electron chi connectivity index (χ0n) is 16.3. The van der Waals surface area contributed by atoms with Gasteiger partial charge in [0.25, 0.3) is 0 Å². The number of nitrogens with one attached hydrogen (secondary N) is 1. The van der Waals surface area contributed by atoms with E-state index in [4.69, 9.17) is 4.74 Å². The van der Waals surface area contributed by atoms with Crippen LogP contribution in [0.1, 0.15) is 31.0 Å². The second-order valence-corrected chi connectivity index (χ2v) is 8.14. The molecule has 1 N–H and O–H groups in total. The van der Waals surface area contributed by atoms with E-state index in [0.29, 0.717) is 12.0 Å². The number of hydrogen-bond donors (Lipinski definition) is 1. The molecule has 0 bridgehead atoms. The maximum atomic E-state index is 5.51. The summed E-state index contributed by atoms with van der Waals surface area (Å²) in [7, 11) is 3.91. The Balaban J connectivity index is 1.91. The Morgan fingerprint density at radius 3 is 2.72 bits per heavy atom. The molecule has 1 unspecified atom stereocenters. The van der Waals surface area contributed by atoms with Gasteiger partial charge in [-0.1, -0.05) is 13.8 Å². The van der Waals surface area contributed by atoms with E-state index in [9.17, 15) is 0 Å². The van der Waals surface area contributed by atoms with Crippen LogP contribution in [-0.2, 0) is 11.3 Å². The summed E-state index contributed by atoms with van der Waals surface area (Å²) >= 11 is 1.69. The third-order valence-corrected chi connectivity index (χ3v) is 5.26. The Hall–Kier alpha value is -1.18. The van der Waals surface area contributed by atoms with Gasteiger partial charge >= 0.3 is 0 Å². The van der Waals surface area contributed by atoms with E-state index in [-0.39, 0.29) is 0 Å². The van der Waals surface area contributed by atoms with E-state index in [2.05, 4.69) is 51.4 Å². The molecular weight excluding hydrogens is 334 g/mol. The van der Waals surface area contributed by atoms with Crippen molar-refractivity contribution >= 4 is 17.3 Å². The first-order valence-electron chi connectivity index (χ1n) is 9.14. The Morgan fingerprint density at radius 1 is 1.44 bits per heavy atom. The van der Waals surface area contributed by atoms with E-state index in [1.807, 2.05) is 14.0 Å². The van der Waals surface area contributed by atoms with Crippen molar-refractivity contribution in [1.82, 2.24) is 20.1 Å². The van der Waals surface area contributed by atoms with Crippen molar-refractivity contribution in [1.29, 1.82) is 0 Å². The summed E-state index contributed by atoms with van der Waals surface area (Å²) in [5.41, 5.74) is 1.10. The monoisotopic (exact) mass is 367 g/mol. The fraction of sp³-hybridized carbons (Fsp3) is 0.778. The van der Waals surface area contributed by atoms with Crippen molar-refractivity contribution in [2.75, 3.05) is 46.9 Å². The summed E-state index contributed by atoms with van der Waals surface area (Å²) in [6.45, 7) is 12.0. The Labute approximate surface area is 156 Å². The van der Waals surface area contributed by atoms with Crippen LogP contribution in [0.15, 0.2) is 10.4 Å². The lowest BCUT2D eigenvalue weighted by molar-refractivity contribution is 0.0131. The number of aliphatic imine (C=N–C) groups is 1. The molecule has 0 aromatic carbocycles. The van der Waals surface area contributed by atoms with Crippen molar-refractivity contribution in [3.8, 4) is 0 Å². The minimum absolute atomic E-state index is 0.510. The fourth-order valence-electron chi connectivity index (χ4n) is 3.24. The van der Waals surface area contributed by atoms with Crippen LogP contribution < -0.4 is 5.32 Å². The summed E-state index contributed by atoms with van der Waals surface area (Å²) in [5, 5.41) is 6.79. The molecule has 1 fully saturated rings. The normalized spacial score (nSPS) is 17.8. The first kappa shape index (κ1) is 20.1. The van der Waals surface area contributed by atoms with Crippen LogP contribution >= 0.6 is 11.3 Å². The number of aryl methyl sites for hydroxylation is 1. The predicted octanol–water partition coefficient (Wildman–Crippen LogP) is 2.21. The van der Waals surface area contributed by atoms with Crippen LogP contribution in [0.3, 0.4) is 0 Å². The largest absolute Gasteiger partial charge is 0.379 e. The van der Waals surface area contributed by atoms with Gasteiger partial charge in [-0.15, -0.1) is 11.3 Å². The van der Waals surface area contributed by atoms with Crippen molar-refractivity contribution < 1.29 is 4.74 Å². The second kappa shape index (κ2) is 10.1. The lowest BCUT2D eigenvalue weighted by Crippen LogP contribution is -2.51. The predicted molar refractivity (Wildman–Crippen MR) is 105 cm³/mol. The number of morpholine rings is 1. The first-order chi connectivity index (χ1) is 12.0. The SMILES string of the molecule is CN=C(NCC(CC(C)C)N1CCOCC1)N(C)Cc1csc(C)n1. The van der Waals surface area contributed by atoms with Crippen LogP contribution in [0, 0.1) is 12.8 Å². The second-order valence-electron chi connectivity index (χ2n) is 7.07. The van der Waals surface area contributed by atoms with E-state index in [1.165, 1.54) is 6.42 Å². The summed E-state index contributed by atoms with van der Waals surface area (Å²) in [5.74, 6) is 1.60. The van der Waals surface area contributed by atoms with Crippen molar-refractivity contribution in [3.63, 3.8) is 0 Å². The van der Waals surface area contributed by atoms with Crippen LogP contribution in [-0.4, -0.2) is 73.7 Å². The number of guanidine groups is 1. The van der Waals surface area contributed by atoms with E-state index < -0.39 is 0 Å². The molecule has 7 heteroatoms. The maximum absolute atomic E-state index is 5.51. The molecule has 0 aliphatic carbocycles. The van der Waals surface area contributed by atoms with Crippen molar-refractivity contribution in [3.05, 3.63) is 16.1 Å². The number of rotatable bonds is 7. The molecule has 142 valence electrons. The Kier molecular flexibility index (Phi) is 8.12. The number of thiazole rings is 1. The molecule has 25 heavy (non-hydrogen) atoms. The van der Waals surface area contributed by atoms with Crippen LogP contribution in [0.25, 0.3) is 0 Å². The molecule has 0 radical (unpaired) electrons. The average molecular weight is 368 g/mol. The molecule has 6 nitrogen and oxygen atoms in total. The highest BCUT2D eigenvalue weighted by Crippen LogP contribution is 2.13. The molecule has 0 amide bonds. The lowest BCUT2D eigenvalue weighted by atomic mass is 10.0. The van der Waals surface area contributed by atoms with Gasteiger partial charge in [-0.25, -0.2) is 4.98 Å². The molecule has 1 aromatic rings. The topological polar surface area (TPSA) is 53.0 Å². The highest BCUT2D eigenvalue weighted by atomic mass is 32.1. The molecule has 1 atom stereocenters. The minimum atomic E-state index is 0.510. The summed E-state index contributed by atoms with van der Waals surface area (Å²) in [4.78, 5) is 13.7. The van der Waals surface area contributed by atoms with E-state index >= 15 is 0 Å². The molecule has 2 rings (SSSR count). The molecule has 1 aromatic heterocycles. The highest BCUT2D eigenvalue weighted by Gasteiger charge is 2.22. The van der Waals surface area contributed by atoms with Crippen LogP contribution in [0.4, 0.5) is 0 Å². The van der Waals surface area contributed by atoms with Gasteiger partial charge in [-0.05, 0) is 19.3 Å². The fourth-order valence-corrected chi connectivity index (χ4v) is 3.84. The van der Waals surface area contributed by atoms with Gasteiger partial charge in [0.05, 0.1) is 30.5 Å². The Bertz CT molecular complexity index is 539. The molecular formula is C18H33N5OS. The van der Waals surface area contributed by atoms with Crippen molar-refractivity contribution in [2.45, 2.75) is 39.8 Å². The molecule has 1 saturated heterocycles. The average Bonchev–Trinajstić information content (AvgIpc) is 2.99. The lowest BCUT2D eigenvalue weighted by Gasteiger charge is -2.36. The van der Waals surface area contributed by atoms with Crippen LogP contribution in [0.5, 0.6) is 0 Å². The first-order valence-corrected chi connectivity index (χ1v) is 10.0. The summed E-state index contributed by atoms with van der Waals surface area (Å²) in [6, 6.07) is 0.510. The summed E-state index contributed by atoms with van der Waals surface area (Å²) in [6.07, 6.45) is 1.18. The number of hydrogen-bond acceptors (Lipinski definition) is 5. The molecule has 1 aliphatic heterocycles. The van der Waals surface area contributed by atoms with Gasteiger partial charge in [0, 0.05) is 45.2 Å². The van der Waals surface area contributed by atoms with Gasteiger partial charge < -0.3 is 15.0 Å². The number of ether oxygens (including phenoxy) is 1. The van der Waals surface area contributed by atoms with Gasteiger partial charge in [0.1, 0.15) is 0 Å². The smallest absolute Gasteiger partial charge is 0.193 e. The number of nitrogens with zero attached hydrogens (tertiary/aromatic N) is 4. The third kappa shape index (κ3) is 6.56. The molecule has 0 spiro atoms.